The van der Waals surface area contributed by atoms with E-state index in [2.05, 4.69) is 10.0 Å². The molecule has 1 aliphatic rings. The molecule has 0 fully saturated rings. The number of fused-ring (bicyclic) bond motifs is 1. The predicted octanol–water partition coefficient (Wildman–Crippen LogP) is 2.67. The summed E-state index contributed by atoms with van der Waals surface area (Å²) in [5.74, 6) is 0.0513. The number of nitrogen functional groups attached to an aromatic ring is 1. The molecule has 19 heavy (non-hydrogen) atoms. The lowest BCUT2D eigenvalue weighted by Crippen LogP contribution is -2.11. The van der Waals surface area contributed by atoms with Gasteiger partial charge in [-0.05, 0) is 24.4 Å². The van der Waals surface area contributed by atoms with E-state index in [0.717, 1.165) is 6.42 Å². The van der Waals surface area contributed by atoms with Gasteiger partial charge in [-0.15, -0.1) is 0 Å². The summed E-state index contributed by atoms with van der Waals surface area (Å²) in [7, 11) is 0. The summed E-state index contributed by atoms with van der Waals surface area (Å²) in [5.41, 5.74) is 13.7. The molecule has 0 aromatic heterocycles. The number of nitrogens with two attached hydrogens (primary N) is 1. The van der Waals surface area contributed by atoms with Crippen LogP contribution in [0.1, 0.15) is 12.8 Å². The Morgan fingerprint density at radius 1 is 1.37 bits per heavy atom. The van der Waals surface area contributed by atoms with E-state index in [1.807, 2.05) is 0 Å². The Hall–Kier alpha value is -2.67. The minimum Gasteiger partial charge on any atom is -0.487 e. The van der Waals surface area contributed by atoms with Crippen LogP contribution in [-0.2, 0) is 0 Å². The van der Waals surface area contributed by atoms with Crippen LogP contribution in [0.2, 0.25) is 0 Å². The van der Waals surface area contributed by atoms with Crippen molar-refractivity contribution in [2.45, 2.75) is 12.8 Å². The summed E-state index contributed by atoms with van der Waals surface area (Å²) in [5, 5.41) is 14.4. The van der Waals surface area contributed by atoms with Gasteiger partial charge in [0.05, 0.1) is 23.8 Å². The highest BCUT2D eigenvalue weighted by atomic mass is 16.6. The van der Waals surface area contributed by atoms with Gasteiger partial charge in [0.15, 0.2) is 5.75 Å². The minimum atomic E-state index is -0.673. The summed E-state index contributed by atoms with van der Waals surface area (Å²) in [6, 6.07) is 1.21. The fourth-order valence-electron chi connectivity index (χ4n) is 1.77. The number of hydrogen-bond acceptors (Lipinski definition) is 6. The van der Waals surface area contributed by atoms with Crippen molar-refractivity contribution in [1.82, 2.24) is 0 Å². The molecule has 0 bridgehead atoms. The van der Waals surface area contributed by atoms with Gasteiger partial charge in [-0.1, -0.05) is 5.11 Å². The Morgan fingerprint density at radius 2 is 2.00 bits per heavy atom. The van der Waals surface area contributed by atoms with E-state index in [1.54, 1.807) is 0 Å². The molecule has 1 aliphatic heterocycles. The van der Waals surface area contributed by atoms with E-state index >= 15 is 0 Å². The molecule has 1 aromatic rings. The van der Waals surface area contributed by atoms with Crippen LogP contribution in [0, 0.1) is 10.1 Å². The van der Waals surface area contributed by atoms with Crippen LogP contribution < -0.4 is 15.2 Å². The molecule has 0 saturated heterocycles. The number of rotatable bonds is 2. The zero-order valence-electron chi connectivity index (χ0n) is 9.90. The molecule has 1 heterocycles. The van der Waals surface area contributed by atoms with Gasteiger partial charge in [0.2, 0.25) is 5.75 Å². The van der Waals surface area contributed by atoms with Gasteiger partial charge >= 0.3 is 5.69 Å². The van der Waals surface area contributed by atoms with Crippen molar-refractivity contribution >= 4 is 17.1 Å². The molecule has 9 nitrogen and oxygen atoms in total. The van der Waals surface area contributed by atoms with Gasteiger partial charge in [-0.25, -0.2) is 0 Å². The van der Waals surface area contributed by atoms with Crippen molar-refractivity contribution in [3.8, 4) is 11.5 Å². The lowest BCUT2D eigenvalue weighted by Gasteiger charge is -2.18. The number of ether oxygens (including phenoxy) is 2. The van der Waals surface area contributed by atoms with Crippen molar-refractivity contribution in [2.75, 3.05) is 18.9 Å². The second-order valence-corrected chi connectivity index (χ2v) is 3.84. The molecule has 0 atom stereocenters. The number of benzene rings is 1. The largest absolute Gasteiger partial charge is 0.487 e. The zero-order valence-corrected chi connectivity index (χ0v) is 9.90. The Morgan fingerprint density at radius 3 is 2.58 bits per heavy atom. The van der Waals surface area contributed by atoms with E-state index in [1.165, 1.54) is 6.07 Å². The van der Waals surface area contributed by atoms with Crippen molar-refractivity contribution in [3.05, 3.63) is 26.6 Å². The number of nitro benzene ring substituents is 1. The van der Waals surface area contributed by atoms with Crippen molar-refractivity contribution in [1.29, 1.82) is 0 Å². The van der Waals surface area contributed by atoms with Crippen molar-refractivity contribution in [2.24, 2.45) is 5.11 Å². The van der Waals surface area contributed by atoms with Crippen LogP contribution in [0.4, 0.5) is 17.1 Å². The minimum absolute atomic E-state index is 0.0768. The SMILES string of the molecule is [N-]=[N+]=Nc1cc(N)c2c(c1[N+](=O)[O-])OCCCCO2. The van der Waals surface area contributed by atoms with Gasteiger partial charge in [0, 0.05) is 4.91 Å². The molecular weight excluding hydrogens is 254 g/mol. The molecule has 0 unspecified atom stereocenters. The average molecular weight is 265 g/mol. The highest BCUT2D eigenvalue weighted by Gasteiger charge is 2.28. The average Bonchev–Trinajstić information content (AvgIpc) is 2.30. The standard InChI is InChI=1S/C10H11N5O4/c11-6-5-7(13-14-12)8(15(16)17)10-9(6)18-3-1-2-4-19-10/h5H,1-4,11H2. The maximum atomic E-state index is 11.1. The van der Waals surface area contributed by atoms with E-state index in [4.69, 9.17) is 20.7 Å². The smallest absolute Gasteiger partial charge is 0.324 e. The lowest BCUT2D eigenvalue weighted by atomic mass is 10.2. The summed E-state index contributed by atoms with van der Waals surface area (Å²) in [6.45, 7) is 0.717. The summed E-state index contributed by atoms with van der Waals surface area (Å²) < 4.78 is 10.8. The maximum Gasteiger partial charge on any atom is 0.324 e. The summed E-state index contributed by atoms with van der Waals surface area (Å²) >= 11 is 0. The third-order valence-electron chi connectivity index (χ3n) is 2.58. The molecular formula is C10H11N5O4. The lowest BCUT2D eigenvalue weighted by molar-refractivity contribution is -0.385. The highest BCUT2D eigenvalue weighted by Crippen LogP contribution is 2.48. The second-order valence-electron chi connectivity index (χ2n) is 3.84. The quantitative estimate of drug-likeness (QED) is 0.219. The van der Waals surface area contributed by atoms with E-state index < -0.39 is 10.6 Å². The van der Waals surface area contributed by atoms with Gasteiger partial charge < -0.3 is 15.2 Å². The second kappa shape index (κ2) is 5.32. The third-order valence-corrected chi connectivity index (χ3v) is 2.58. The van der Waals surface area contributed by atoms with Crippen LogP contribution in [0.15, 0.2) is 11.2 Å². The topological polar surface area (TPSA) is 136 Å². The normalized spacial score (nSPS) is 13.9. The van der Waals surface area contributed by atoms with Crippen LogP contribution in [-0.4, -0.2) is 18.1 Å². The number of hydrogen-bond donors (Lipinski definition) is 1. The third kappa shape index (κ3) is 2.45. The van der Waals surface area contributed by atoms with Crippen molar-refractivity contribution < 1.29 is 14.4 Å². The first kappa shape index (κ1) is 12.8. The molecule has 0 spiro atoms. The van der Waals surface area contributed by atoms with Crippen LogP contribution in [0.3, 0.4) is 0 Å². The van der Waals surface area contributed by atoms with Gasteiger partial charge in [0.1, 0.15) is 5.69 Å². The van der Waals surface area contributed by atoms with Gasteiger partial charge in [-0.2, -0.15) is 0 Å². The zero-order chi connectivity index (χ0) is 13.8. The first-order valence-corrected chi connectivity index (χ1v) is 5.56. The monoisotopic (exact) mass is 265 g/mol. The molecule has 1 aromatic carbocycles. The van der Waals surface area contributed by atoms with E-state index in [9.17, 15) is 10.1 Å². The first-order valence-electron chi connectivity index (χ1n) is 5.56. The maximum absolute atomic E-state index is 11.1. The Bertz CT molecular complexity index is 568. The molecule has 0 amide bonds. The van der Waals surface area contributed by atoms with Crippen LogP contribution in [0.25, 0.3) is 10.4 Å². The fraction of sp³-hybridized carbons (Fsp3) is 0.400. The van der Waals surface area contributed by atoms with Gasteiger partial charge in [0.25, 0.3) is 0 Å². The van der Waals surface area contributed by atoms with Crippen LogP contribution in [0.5, 0.6) is 11.5 Å². The Balaban J connectivity index is 2.68. The molecule has 0 aliphatic carbocycles. The molecule has 0 saturated carbocycles. The summed E-state index contributed by atoms with van der Waals surface area (Å²) in [4.78, 5) is 13.0. The fourth-order valence-corrected chi connectivity index (χ4v) is 1.77. The molecule has 0 radical (unpaired) electrons. The highest BCUT2D eigenvalue weighted by molar-refractivity contribution is 5.78. The number of anilines is 1. The number of azide groups is 1. The Labute approximate surface area is 107 Å². The Kier molecular flexibility index (Phi) is 3.58. The van der Waals surface area contributed by atoms with Gasteiger partial charge in [-0.3, -0.25) is 10.1 Å². The van der Waals surface area contributed by atoms with E-state index in [-0.39, 0.29) is 22.9 Å². The van der Waals surface area contributed by atoms with E-state index in [0.29, 0.717) is 19.6 Å². The molecule has 9 heteroatoms. The molecule has 100 valence electrons. The predicted molar refractivity (Wildman–Crippen MR) is 66.5 cm³/mol. The number of nitro groups is 1. The van der Waals surface area contributed by atoms with Crippen molar-refractivity contribution in [3.63, 3.8) is 0 Å². The summed E-state index contributed by atoms with van der Waals surface area (Å²) in [6.07, 6.45) is 1.48. The molecule has 2 N–H and O–H groups in total. The van der Waals surface area contributed by atoms with Crippen LogP contribution >= 0.6 is 0 Å². The number of nitrogens with zero attached hydrogens (tertiary/aromatic N) is 4. The molecule has 2 rings (SSSR count). The first-order chi connectivity index (χ1) is 9.15.